The van der Waals surface area contributed by atoms with Gasteiger partial charge in [0.05, 0.1) is 24.3 Å². The van der Waals surface area contributed by atoms with Crippen LogP contribution < -0.4 is 14.8 Å². The van der Waals surface area contributed by atoms with Crippen LogP contribution in [0.3, 0.4) is 0 Å². The molecule has 0 heterocycles. The van der Waals surface area contributed by atoms with Gasteiger partial charge in [0.2, 0.25) is 0 Å². The van der Waals surface area contributed by atoms with Crippen molar-refractivity contribution in [3.05, 3.63) is 53.1 Å². The van der Waals surface area contributed by atoms with Gasteiger partial charge in [-0.3, -0.25) is 4.79 Å². The van der Waals surface area contributed by atoms with Crippen molar-refractivity contribution in [2.45, 2.75) is 26.9 Å². The molecule has 0 saturated carbocycles. The van der Waals surface area contributed by atoms with Crippen molar-refractivity contribution in [1.82, 2.24) is 0 Å². The van der Waals surface area contributed by atoms with Gasteiger partial charge in [-0.15, -0.1) is 0 Å². The molecule has 2 aromatic carbocycles. The van der Waals surface area contributed by atoms with Crippen LogP contribution in [0.1, 0.15) is 31.1 Å². The third kappa shape index (κ3) is 5.89. The first-order valence-corrected chi connectivity index (χ1v) is 9.26. The first-order chi connectivity index (χ1) is 13.3. The number of carbonyl (C=O) groups excluding carboxylic acids is 2. The molecule has 0 radical (unpaired) electrons. The van der Waals surface area contributed by atoms with Gasteiger partial charge in [-0.25, -0.2) is 4.79 Å². The minimum Gasteiger partial charge on any atom is -0.493 e. The molecule has 28 heavy (non-hydrogen) atoms. The number of anilines is 1. The number of hydrogen-bond acceptors (Lipinski definition) is 5. The number of amides is 1. The zero-order valence-electron chi connectivity index (χ0n) is 16.3. The molecule has 0 unspecified atom stereocenters. The topological polar surface area (TPSA) is 73.9 Å². The van der Waals surface area contributed by atoms with E-state index in [1.807, 2.05) is 19.9 Å². The predicted molar refractivity (Wildman–Crippen MR) is 108 cm³/mol. The van der Waals surface area contributed by atoms with Crippen molar-refractivity contribution < 1.29 is 23.8 Å². The van der Waals surface area contributed by atoms with E-state index in [1.54, 1.807) is 24.3 Å². The molecule has 1 atom stereocenters. The normalized spacial score (nSPS) is 11.6. The molecular weight excluding hydrogens is 382 g/mol. The fraction of sp³-hybridized carbons (Fsp3) is 0.333. The van der Waals surface area contributed by atoms with E-state index in [0.29, 0.717) is 29.7 Å². The van der Waals surface area contributed by atoms with Crippen LogP contribution in [0.25, 0.3) is 0 Å². The Labute approximate surface area is 169 Å². The van der Waals surface area contributed by atoms with Crippen molar-refractivity contribution in [2.24, 2.45) is 5.92 Å². The SMILES string of the molecule is COc1cc(C(=O)O[C@H](C)C(=O)Nc2ccccc2)cc(Cl)c1OCC(C)C. The fourth-order valence-electron chi connectivity index (χ4n) is 2.28. The van der Waals surface area contributed by atoms with Crippen LogP contribution >= 0.6 is 11.6 Å². The Morgan fingerprint density at radius 3 is 2.39 bits per heavy atom. The fourth-order valence-corrected chi connectivity index (χ4v) is 2.54. The van der Waals surface area contributed by atoms with Crippen LogP contribution in [0, 0.1) is 5.92 Å². The molecule has 6 nitrogen and oxygen atoms in total. The van der Waals surface area contributed by atoms with Crippen LogP contribution in [-0.2, 0) is 9.53 Å². The summed E-state index contributed by atoms with van der Waals surface area (Å²) >= 11 is 6.26. The van der Waals surface area contributed by atoms with E-state index >= 15 is 0 Å². The standard InChI is InChI=1S/C21H24ClNO5/c1-13(2)12-27-19-17(22)10-15(11-18(19)26-4)21(25)28-14(3)20(24)23-16-8-6-5-7-9-16/h5-11,13-14H,12H2,1-4H3,(H,23,24)/t14-/m1/s1. The minimum absolute atomic E-state index is 0.165. The maximum Gasteiger partial charge on any atom is 0.339 e. The Hall–Kier alpha value is -2.73. The Morgan fingerprint density at radius 1 is 1.11 bits per heavy atom. The smallest absolute Gasteiger partial charge is 0.339 e. The molecule has 0 fully saturated rings. The van der Waals surface area contributed by atoms with Gasteiger partial charge in [0.1, 0.15) is 0 Å². The summed E-state index contributed by atoms with van der Waals surface area (Å²) in [5.74, 6) is -0.138. The molecule has 0 aliphatic rings. The number of carbonyl (C=O) groups is 2. The summed E-state index contributed by atoms with van der Waals surface area (Å²) in [6.45, 7) is 5.97. The second kappa shape index (κ2) is 9.99. The monoisotopic (exact) mass is 405 g/mol. The highest BCUT2D eigenvalue weighted by Gasteiger charge is 2.22. The van der Waals surface area contributed by atoms with Gasteiger partial charge in [0.25, 0.3) is 5.91 Å². The summed E-state index contributed by atoms with van der Waals surface area (Å²) in [4.78, 5) is 24.7. The van der Waals surface area contributed by atoms with E-state index in [-0.39, 0.29) is 10.6 Å². The Kier molecular flexibility index (Phi) is 7.70. The van der Waals surface area contributed by atoms with Gasteiger partial charge in [0.15, 0.2) is 17.6 Å². The molecule has 0 aliphatic carbocycles. The predicted octanol–water partition coefficient (Wildman–Crippen LogP) is 4.57. The first kappa shape index (κ1) is 21.6. The van der Waals surface area contributed by atoms with Crippen LogP contribution in [0.2, 0.25) is 5.02 Å². The van der Waals surface area contributed by atoms with E-state index in [2.05, 4.69) is 5.32 Å². The lowest BCUT2D eigenvalue weighted by Crippen LogP contribution is -2.30. The number of benzene rings is 2. The van der Waals surface area contributed by atoms with Crippen LogP contribution in [-0.4, -0.2) is 31.7 Å². The molecule has 150 valence electrons. The van der Waals surface area contributed by atoms with Crippen molar-refractivity contribution in [1.29, 1.82) is 0 Å². The molecule has 0 saturated heterocycles. The van der Waals surface area contributed by atoms with Crippen LogP contribution in [0.15, 0.2) is 42.5 Å². The van der Waals surface area contributed by atoms with Crippen molar-refractivity contribution >= 4 is 29.2 Å². The third-order valence-corrected chi connectivity index (χ3v) is 4.00. The van der Waals surface area contributed by atoms with Gasteiger partial charge in [-0.05, 0) is 37.1 Å². The number of para-hydroxylation sites is 1. The zero-order valence-corrected chi connectivity index (χ0v) is 17.1. The van der Waals surface area contributed by atoms with Gasteiger partial charge >= 0.3 is 5.97 Å². The Balaban J connectivity index is 2.08. The van der Waals surface area contributed by atoms with Gasteiger partial charge in [0, 0.05) is 5.69 Å². The number of ether oxygens (including phenoxy) is 3. The molecule has 1 N–H and O–H groups in total. The lowest BCUT2D eigenvalue weighted by atomic mass is 10.2. The average molecular weight is 406 g/mol. The summed E-state index contributed by atoms with van der Waals surface area (Å²) in [6.07, 6.45) is -0.991. The maximum absolute atomic E-state index is 12.5. The van der Waals surface area contributed by atoms with Crippen LogP contribution in [0.5, 0.6) is 11.5 Å². The highest BCUT2D eigenvalue weighted by molar-refractivity contribution is 6.32. The molecule has 0 aliphatic heterocycles. The van der Waals surface area contributed by atoms with Crippen molar-refractivity contribution in [3.63, 3.8) is 0 Å². The Bertz CT molecular complexity index is 823. The van der Waals surface area contributed by atoms with E-state index in [9.17, 15) is 9.59 Å². The molecule has 2 aromatic rings. The minimum atomic E-state index is -0.991. The lowest BCUT2D eigenvalue weighted by Gasteiger charge is -2.16. The number of halogens is 1. The number of nitrogens with one attached hydrogen (secondary N) is 1. The molecule has 0 aromatic heterocycles. The summed E-state index contributed by atoms with van der Waals surface area (Å²) in [7, 11) is 1.46. The Morgan fingerprint density at radius 2 is 1.79 bits per heavy atom. The van der Waals surface area contributed by atoms with Gasteiger partial charge < -0.3 is 19.5 Å². The summed E-state index contributed by atoms with van der Waals surface area (Å²) < 4.78 is 16.2. The molecular formula is C21H24ClNO5. The highest BCUT2D eigenvalue weighted by atomic mass is 35.5. The van der Waals surface area contributed by atoms with Gasteiger partial charge in [-0.2, -0.15) is 0 Å². The first-order valence-electron chi connectivity index (χ1n) is 8.89. The van der Waals surface area contributed by atoms with Crippen molar-refractivity contribution in [3.8, 4) is 11.5 Å². The molecule has 0 spiro atoms. The van der Waals surface area contributed by atoms with E-state index in [0.717, 1.165) is 0 Å². The highest BCUT2D eigenvalue weighted by Crippen LogP contribution is 2.37. The summed E-state index contributed by atoms with van der Waals surface area (Å²) in [5.41, 5.74) is 0.782. The number of hydrogen-bond donors (Lipinski definition) is 1. The second-order valence-electron chi connectivity index (χ2n) is 6.60. The lowest BCUT2D eigenvalue weighted by molar-refractivity contribution is -0.123. The number of methoxy groups -OCH3 is 1. The van der Waals surface area contributed by atoms with E-state index in [1.165, 1.54) is 26.2 Å². The van der Waals surface area contributed by atoms with Gasteiger partial charge in [-0.1, -0.05) is 43.6 Å². The number of rotatable bonds is 8. The third-order valence-electron chi connectivity index (χ3n) is 3.72. The van der Waals surface area contributed by atoms with E-state index in [4.69, 9.17) is 25.8 Å². The quantitative estimate of drug-likeness (QED) is 0.651. The molecule has 1 amide bonds. The number of esters is 1. The van der Waals surface area contributed by atoms with Crippen LogP contribution in [0.4, 0.5) is 5.69 Å². The van der Waals surface area contributed by atoms with Crippen molar-refractivity contribution in [2.75, 3.05) is 19.0 Å². The maximum atomic E-state index is 12.5. The largest absolute Gasteiger partial charge is 0.493 e. The summed E-state index contributed by atoms with van der Waals surface area (Å²) in [5, 5.41) is 2.91. The van der Waals surface area contributed by atoms with E-state index < -0.39 is 18.0 Å². The molecule has 0 bridgehead atoms. The zero-order chi connectivity index (χ0) is 20.7. The molecule has 7 heteroatoms. The summed E-state index contributed by atoms with van der Waals surface area (Å²) in [6, 6.07) is 11.8. The molecule has 2 rings (SSSR count). The second-order valence-corrected chi connectivity index (χ2v) is 7.00. The average Bonchev–Trinajstić information content (AvgIpc) is 2.66.